The Morgan fingerprint density at radius 3 is 2.30 bits per heavy atom. The lowest BCUT2D eigenvalue weighted by Crippen LogP contribution is -2.39. The van der Waals surface area contributed by atoms with E-state index in [0.717, 1.165) is 9.63 Å². The van der Waals surface area contributed by atoms with Gasteiger partial charge in [-0.05, 0) is 11.5 Å². The van der Waals surface area contributed by atoms with Crippen LogP contribution in [0.15, 0.2) is 39.9 Å². The van der Waals surface area contributed by atoms with E-state index in [-0.39, 0.29) is 33.1 Å². The number of hydrogen-bond donors (Lipinski definition) is 0. The van der Waals surface area contributed by atoms with E-state index in [1.165, 1.54) is 50.0 Å². The number of carbonyl (C=O) groups excluding carboxylic acids is 1. The van der Waals surface area contributed by atoms with Crippen molar-refractivity contribution in [1.82, 2.24) is 14.2 Å². The van der Waals surface area contributed by atoms with Crippen molar-refractivity contribution in [3.63, 3.8) is 0 Å². The Hall–Kier alpha value is -2.92. The molecule has 0 bridgehead atoms. The van der Waals surface area contributed by atoms with Gasteiger partial charge in [-0.25, -0.2) is 9.86 Å². The maximum absolute atomic E-state index is 14.4. The summed E-state index contributed by atoms with van der Waals surface area (Å²) >= 11 is 0.642. The van der Waals surface area contributed by atoms with Crippen molar-refractivity contribution >= 4 is 27.5 Å². The van der Waals surface area contributed by atoms with Gasteiger partial charge >= 0.3 is 11.9 Å². The highest BCUT2D eigenvalue weighted by Crippen LogP contribution is 2.46. The number of amides is 1. The quantitative estimate of drug-likeness (QED) is 0.501. The largest absolute Gasteiger partial charge is 0.400 e. The molecular formula is C22H24F3N3O4S. The van der Waals surface area contributed by atoms with E-state index in [1.54, 1.807) is 6.07 Å². The van der Waals surface area contributed by atoms with E-state index in [2.05, 4.69) is 0 Å². The maximum Gasteiger partial charge on any atom is 0.400 e. The number of hydroxylamine groups is 2. The summed E-state index contributed by atoms with van der Waals surface area (Å²) in [6.45, 7) is 3.84. The zero-order valence-electron chi connectivity index (χ0n) is 18.8. The topological polar surface area (TPSA) is 73.5 Å². The Balaban J connectivity index is 2.54. The molecule has 11 heteroatoms. The lowest BCUT2D eigenvalue weighted by Gasteiger charge is -2.22. The highest BCUT2D eigenvalue weighted by atomic mass is 32.1. The van der Waals surface area contributed by atoms with E-state index < -0.39 is 34.8 Å². The van der Waals surface area contributed by atoms with Crippen molar-refractivity contribution in [3.8, 4) is 0 Å². The van der Waals surface area contributed by atoms with E-state index in [0.29, 0.717) is 11.3 Å². The number of carbonyl (C=O) groups is 1. The van der Waals surface area contributed by atoms with Crippen LogP contribution in [0.5, 0.6) is 0 Å². The van der Waals surface area contributed by atoms with Crippen molar-refractivity contribution < 1.29 is 22.8 Å². The summed E-state index contributed by atoms with van der Waals surface area (Å²) in [6, 6.07) is 7.16. The van der Waals surface area contributed by atoms with Crippen molar-refractivity contribution in [1.29, 1.82) is 0 Å². The van der Waals surface area contributed by atoms with Crippen molar-refractivity contribution in [2.75, 3.05) is 14.2 Å². The Bertz CT molecular complexity index is 1290. The molecule has 0 radical (unpaired) electrons. The highest BCUT2D eigenvalue weighted by molar-refractivity contribution is 7.19. The molecule has 0 aliphatic carbocycles. The molecule has 7 nitrogen and oxygen atoms in total. The van der Waals surface area contributed by atoms with E-state index in [4.69, 9.17) is 4.84 Å². The zero-order valence-corrected chi connectivity index (χ0v) is 19.6. The number of fused-ring (bicyclic) bond motifs is 1. The molecule has 1 atom stereocenters. The lowest BCUT2D eigenvalue weighted by atomic mass is 9.93. The van der Waals surface area contributed by atoms with E-state index in [1.807, 2.05) is 13.8 Å². The van der Waals surface area contributed by atoms with E-state index >= 15 is 0 Å². The number of hydrogen-bond acceptors (Lipinski definition) is 5. The molecule has 3 rings (SSSR count). The smallest absolute Gasteiger partial charge is 0.284 e. The average molecular weight is 484 g/mol. The van der Waals surface area contributed by atoms with Crippen molar-refractivity contribution in [3.05, 3.63) is 67.2 Å². The fourth-order valence-electron chi connectivity index (χ4n) is 3.66. The van der Waals surface area contributed by atoms with Crippen LogP contribution in [-0.4, -0.2) is 40.4 Å². The summed E-state index contributed by atoms with van der Waals surface area (Å²) in [5, 5.41) is 0.539. The average Bonchev–Trinajstić information content (AvgIpc) is 3.13. The molecule has 2 aromatic heterocycles. The fourth-order valence-corrected chi connectivity index (χ4v) is 5.11. The number of thiophene rings is 1. The molecule has 1 unspecified atom stereocenters. The number of aromatic nitrogens is 2. The predicted molar refractivity (Wildman–Crippen MR) is 120 cm³/mol. The van der Waals surface area contributed by atoms with Crippen molar-refractivity contribution in [2.24, 2.45) is 13.0 Å². The van der Waals surface area contributed by atoms with Gasteiger partial charge in [0.15, 0.2) is 0 Å². The van der Waals surface area contributed by atoms with Crippen LogP contribution in [-0.2, 0) is 18.4 Å². The minimum atomic E-state index is -4.77. The number of halogens is 3. The number of nitrogens with zero attached hydrogens (tertiary/aromatic N) is 3. The number of benzene rings is 1. The maximum atomic E-state index is 14.4. The van der Waals surface area contributed by atoms with Gasteiger partial charge in [-0.1, -0.05) is 44.2 Å². The van der Waals surface area contributed by atoms with Crippen LogP contribution < -0.4 is 11.2 Å². The molecule has 0 fully saturated rings. The first-order valence-electron chi connectivity index (χ1n) is 10.1. The Labute approximate surface area is 191 Å². The molecular weight excluding hydrogens is 459 g/mol. The molecule has 2 heterocycles. The van der Waals surface area contributed by atoms with Gasteiger partial charge in [0.2, 0.25) is 0 Å². The van der Waals surface area contributed by atoms with Crippen LogP contribution in [0, 0.1) is 5.92 Å². The van der Waals surface area contributed by atoms with Crippen LogP contribution >= 0.6 is 11.3 Å². The summed E-state index contributed by atoms with van der Waals surface area (Å²) in [6.07, 6.45) is -4.77. The summed E-state index contributed by atoms with van der Waals surface area (Å²) in [5.74, 6) is -3.12. The number of alkyl halides is 3. The van der Waals surface area contributed by atoms with Gasteiger partial charge in [0.1, 0.15) is 10.7 Å². The molecule has 0 saturated heterocycles. The lowest BCUT2D eigenvalue weighted by molar-refractivity contribution is -0.140. The highest BCUT2D eigenvalue weighted by Gasteiger charge is 2.46. The second kappa shape index (κ2) is 9.14. The Morgan fingerprint density at radius 2 is 1.79 bits per heavy atom. The molecule has 178 valence electrons. The first-order chi connectivity index (χ1) is 15.4. The SMILES string of the molecule is CON(C)C(=O)c1c(C(c2ccccc2)C(F)(F)F)sc2c1c(=O)n(C)c(=O)n2CC(C)C. The molecule has 0 aliphatic rings. The van der Waals surface area contributed by atoms with Gasteiger partial charge < -0.3 is 0 Å². The van der Waals surface area contributed by atoms with Gasteiger partial charge in [-0.3, -0.25) is 23.6 Å². The summed E-state index contributed by atoms with van der Waals surface area (Å²) < 4.78 is 45.3. The zero-order chi connectivity index (χ0) is 24.7. The molecule has 3 aromatic rings. The van der Waals surface area contributed by atoms with Gasteiger partial charge in [0.25, 0.3) is 11.5 Å². The predicted octanol–water partition coefficient (Wildman–Crippen LogP) is 3.75. The monoisotopic (exact) mass is 483 g/mol. The molecule has 1 amide bonds. The molecule has 1 aromatic carbocycles. The van der Waals surface area contributed by atoms with Gasteiger partial charge in [0.05, 0.1) is 18.1 Å². The van der Waals surface area contributed by atoms with Crippen LogP contribution in [0.1, 0.15) is 40.6 Å². The second-order valence-electron chi connectivity index (χ2n) is 8.04. The molecule has 0 saturated carbocycles. The molecule has 0 spiro atoms. The van der Waals surface area contributed by atoms with Gasteiger partial charge in [-0.15, -0.1) is 11.3 Å². The van der Waals surface area contributed by atoms with Crippen LogP contribution in [0.2, 0.25) is 0 Å². The van der Waals surface area contributed by atoms with Gasteiger partial charge in [-0.2, -0.15) is 13.2 Å². The first-order valence-corrected chi connectivity index (χ1v) is 10.9. The standard InChI is InChI=1S/C22H24F3N3O4S/c1-12(2)11-28-20-15(18(29)26(3)21(28)31)14(19(30)27(4)32-5)17(33-20)16(22(23,24)25)13-9-7-6-8-10-13/h6-10,12,16H,11H2,1-5H3. The fraction of sp³-hybridized carbons (Fsp3) is 0.409. The van der Waals surface area contributed by atoms with Crippen LogP contribution in [0.25, 0.3) is 10.2 Å². The van der Waals surface area contributed by atoms with Gasteiger partial charge in [0, 0.05) is 25.5 Å². The molecule has 0 N–H and O–H groups in total. The second-order valence-corrected chi connectivity index (χ2v) is 9.07. The summed E-state index contributed by atoms with van der Waals surface area (Å²) in [4.78, 5) is 43.8. The van der Waals surface area contributed by atoms with Crippen LogP contribution in [0.4, 0.5) is 13.2 Å². The first kappa shape index (κ1) is 24.7. The van der Waals surface area contributed by atoms with E-state index in [9.17, 15) is 27.6 Å². The summed E-state index contributed by atoms with van der Waals surface area (Å²) in [7, 11) is 3.68. The Kier molecular flexibility index (Phi) is 6.85. The minimum Gasteiger partial charge on any atom is -0.284 e. The Morgan fingerprint density at radius 1 is 1.18 bits per heavy atom. The third-order valence-corrected chi connectivity index (χ3v) is 6.52. The third kappa shape index (κ3) is 4.47. The minimum absolute atomic E-state index is 0.0323. The van der Waals surface area contributed by atoms with Crippen molar-refractivity contribution in [2.45, 2.75) is 32.5 Å². The molecule has 33 heavy (non-hydrogen) atoms. The third-order valence-electron chi connectivity index (χ3n) is 5.24. The summed E-state index contributed by atoms with van der Waals surface area (Å²) in [5.41, 5.74) is -1.99. The van der Waals surface area contributed by atoms with Crippen LogP contribution in [0.3, 0.4) is 0 Å². The molecule has 0 aliphatic heterocycles. The normalized spacial score (nSPS) is 13.0. The number of rotatable bonds is 6.